The maximum atomic E-state index is 11.9. The van der Waals surface area contributed by atoms with Crippen molar-refractivity contribution in [1.82, 2.24) is 20.4 Å². The second-order valence-electron chi connectivity index (χ2n) is 5.45. The first-order valence-electron chi connectivity index (χ1n) is 7.62. The molecule has 2 heterocycles. The van der Waals surface area contributed by atoms with Crippen LogP contribution < -0.4 is 10.6 Å². The monoisotopic (exact) mass is 322 g/mol. The molecule has 1 aliphatic heterocycles. The molecule has 0 unspecified atom stereocenters. The van der Waals surface area contributed by atoms with Gasteiger partial charge in [0.15, 0.2) is 0 Å². The minimum absolute atomic E-state index is 0.0496. The van der Waals surface area contributed by atoms with Crippen molar-refractivity contribution in [3.63, 3.8) is 0 Å². The van der Waals surface area contributed by atoms with Crippen LogP contribution in [0.25, 0.3) is 0 Å². The molecule has 2 rings (SSSR count). The maximum absolute atomic E-state index is 11.9. The van der Waals surface area contributed by atoms with Gasteiger partial charge in [-0.25, -0.2) is 4.79 Å². The van der Waals surface area contributed by atoms with Gasteiger partial charge in [0.25, 0.3) is 0 Å². The third-order valence-electron chi connectivity index (χ3n) is 3.66. The fourth-order valence-corrected chi connectivity index (χ4v) is 2.44. The molecule has 0 aliphatic carbocycles. The van der Waals surface area contributed by atoms with Crippen molar-refractivity contribution >= 4 is 17.8 Å². The normalized spacial score (nSPS) is 15.8. The predicted octanol–water partition coefficient (Wildman–Crippen LogP) is 0.160. The summed E-state index contributed by atoms with van der Waals surface area (Å²) in [7, 11) is 0. The van der Waals surface area contributed by atoms with Crippen LogP contribution >= 0.6 is 0 Å². The van der Waals surface area contributed by atoms with Crippen molar-refractivity contribution in [2.24, 2.45) is 0 Å². The fraction of sp³-hybridized carbons (Fsp3) is 0.533. The third-order valence-corrected chi connectivity index (χ3v) is 3.66. The van der Waals surface area contributed by atoms with E-state index in [1.54, 1.807) is 24.0 Å². The number of furan rings is 1. The summed E-state index contributed by atoms with van der Waals surface area (Å²) < 4.78 is 5.09. The summed E-state index contributed by atoms with van der Waals surface area (Å²) in [5.74, 6) is 0.302. The number of amides is 4. The van der Waals surface area contributed by atoms with E-state index in [9.17, 15) is 14.4 Å². The molecule has 1 saturated heterocycles. The van der Waals surface area contributed by atoms with Gasteiger partial charge in [-0.2, -0.15) is 0 Å². The number of carbonyl (C=O) groups is 3. The molecule has 0 aromatic carbocycles. The average Bonchev–Trinajstić information content (AvgIpc) is 2.90. The zero-order valence-corrected chi connectivity index (χ0v) is 13.2. The van der Waals surface area contributed by atoms with Crippen molar-refractivity contribution in [3.05, 3.63) is 24.2 Å². The van der Waals surface area contributed by atoms with E-state index in [0.29, 0.717) is 25.4 Å². The van der Waals surface area contributed by atoms with Crippen LogP contribution in [0.1, 0.15) is 19.1 Å². The zero-order chi connectivity index (χ0) is 16.7. The minimum atomic E-state index is -0.549. The van der Waals surface area contributed by atoms with Gasteiger partial charge in [0.1, 0.15) is 5.76 Å². The van der Waals surface area contributed by atoms with Crippen LogP contribution in [0.5, 0.6) is 0 Å². The van der Waals surface area contributed by atoms with Crippen molar-refractivity contribution < 1.29 is 18.8 Å². The molecule has 1 fully saturated rings. The summed E-state index contributed by atoms with van der Waals surface area (Å²) in [6.07, 6.45) is 2.33. The SMILES string of the molecule is CC(=O)N1CCCN(CC(=O)NC(=O)NCc2ccco2)CC1. The molecule has 0 atom stereocenters. The van der Waals surface area contributed by atoms with Crippen molar-refractivity contribution in [3.8, 4) is 0 Å². The van der Waals surface area contributed by atoms with Gasteiger partial charge in [0, 0.05) is 33.1 Å². The smallest absolute Gasteiger partial charge is 0.321 e. The lowest BCUT2D eigenvalue weighted by molar-refractivity contribution is -0.128. The van der Waals surface area contributed by atoms with Crippen LogP contribution in [0.2, 0.25) is 0 Å². The lowest BCUT2D eigenvalue weighted by Gasteiger charge is -2.20. The average molecular weight is 322 g/mol. The lowest BCUT2D eigenvalue weighted by Crippen LogP contribution is -2.45. The zero-order valence-electron chi connectivity index (χ0n) is 13.2. The fourth-order valence-electron chi connectivity index (χ4n) is 2.44. The van der Waals surface area contributed by atoms with Gasteiger partial charge >= 0.3 is 6.03 Å². The van der Waals surface area contributed by atoms with Gasteiger partial charge in [-0.05, 0) is 18.6 Å². The summed E-state index contributed by atoms with van der Waals surface area (Å²) in [6, 6.07) is 2.91. The number of urea groups is 1. The Morgan fingerprint density at radius 1 is 1.22 bits per heavy atom. The number of nitrogens with zero attached hydrogens (tertiary/aromatic N) is 2. The molecule has 23 heavy (non-hydrogen) atoms. The molecule has 0 spiro atoms. The highest BCUT2D eigenvalue weighted by atomic mass is 16.3. The van der Waals surface area contributed by atoms with Crippen LogP contribution in [0.4, 0.5) is 4.79 Å². The number of imide groups is 1. The first-order chi connectivity index (χ1) is 11.0. The summed E-state index contributed by atoms with van der Waals surface area (Å²) in [4.78, 5) is 38.6. The van der Waals surface area contributed by atoms with Gasteiger partial charge in [-0.3, -0.25) is 19.8 Å². The van der Waals surface area contributed by atoms with Crippen LogP contribution in [0, 0.1) is 0 Å². The van der Waals surface area contributed by atoms with E-state index in [2.05, 4.69) is 10.6 Å². The summed E-state index contributed by atoms with van der Waals surface area (Å²) in [5, 5.41) is 4.84. The highest BCUT2D eigenvalue weighted by Gasteiger charge is 2.19. The Bertz CT molecular complexity index is 544. The first-order valence-corrected chi connectivity index (χ1v) is 7.62. The molecule has 0 radical (unpaired) electrons. The van der Waals surface area contributed by atoms with Crippen LogP contribution in [0.15, 0.2) is 22.8 Å². The Morgan fingerprint density at radius 3 is 2.74 bits per heavy atom. The highest BCUT2D eigenvalue weighted by Crippen LogP contribution is 2.03. The molecule has 2 N–H and O–H groups in total. The molecule has 126 valence electrons. The van der Waals surface area contributed by atoms with Gasteiger partial charge in [-0.1, -0.05) is 0 Å². The van der Waals surface area contributed by atoms with E-state index in [-0.39, 0.29) is 24.9 Å². The second kappa shape index (κ2) is 8.33. The van der Waals surface area contributed by atoms with Gasteiger partial charge in [-0.15, -0.1) is 0 Å². The van der Waals surface area contributed by atoms with Gasteiger partial charge in [0.05, 0.1) is 19.4 Å². The van der Waals surface area contributed by atoms with Crippen molar-refractivity contribution in [2.75, 3.05) is 32.7 Å². The van der Waals surface area contributed by atoms with E-state index in [0.717, 1.165) is 13.0 Å². The largest absolute Gasteiger partial charge is 0.467 e. The second-order valence-corrected chi connectivity index (χ2v) is 5.45. The van der Waals surface area contributed by atoms with E-state index >= 15 is 0 Å². The molecule has 1 aliphatic rings. The summed E-state index contributed by atoms with van der Waals surface area (Å²) >= 11 is 0. The first kappa shape index (κ1) is 17.0. The van der Waals surface area contributed by atoms with E-state index in [4.69, 9.17) is 4.42 Å². The van der Waals surface area contributed by atoms with E-state index in [1.165, 1.54) is 6.26 Å². The van der Waals surface area contributed by atoms with Crippen molar-refractivity contribution in [2.45, 2.75) is 19.9 Å². The predicted molar refractivity (Wildman–Crippen MR) is 82.4 cm³/mol. The Morgan fingerprint density at radius 2 is 2.04 bits per heavy atom. The number of hydrogen-bond donors (Lipinski definition) is 2. The number of nitrogens with one attached hydrogen (secondary N) is 2. The Hall–Kier alpha value is -2.35. The van der Waals surface area contributed by atoms with Crippen molar-refractivity contribution in [1.29, 1.82) is 0 Å². The number of carbonyl (C=O) groups excluding carboxylic acids is 3. The molecule has 0 bridgehead atoms. The molecule has 1 aromatic heterocycles. The Kier molecular flexibility index (Phi) is 6.16. The molecule has 0 saturated carbocycles. The molecule has 1 aromatic rings. The summed E-state index contributed by atoms with van der Waals surface area (Å²) in [5.41, 5.74) is 0. The topological polar surface area (TPSA) is 94.9 Å². The maximum Gasteiger partial charge on any atom is 0.321 e. The summed E-state index contributed by atoms with van der Waals surface area (Å²) in [6.45, 7) is 4.58. The van der Waals surface area contributed by atoms with E-state index in [1.807, 2.05) is 4.90 Å². The van der Waals surface area contributed by atoms with Crippen LogP contribution in [0.3, 0.4) is 0 Å². The van der Waals surface area contributed by atoms with Crippen LogP contribution in [-0.4, -0.2) is 60.4 Å². The lowest BCUT2D eigenvalue weighted by atomic mass is 10.3. The molecule has 8 heteroatoms. The highest BCUT2D eigenvalue weighted by molar-refractivity contribution is 5.95. The quantitative estimate of drug-likeness (QED) is 0.823. The Labute approximate surface area is 134 Å². The molecule has 8 nitrogen and oxygen atoms in total. The molecular weight excluding hydrogens is 300 g/mol. The minimum Gasteiger partial charge on any atom is -0.467 e. The van der Waals surface area contributed by atoms with E-state index < -0.39 is 6.03 Å². The number of hydrogen-bond acceptors (Lipinski definition) is 5. The third kappa shape index (κ3) is 5.74. The number of rotatable bonds is 4. The molecule has 4 amide bonds. The standard InChI is InChI=1S/C15H22N4O4/c1-12(20)19-6-3-5-18(7-8-19)11-14(21)17-15(22)16-10-13-4-2-9-23-13/h2,4,9H,3,5-8,10-11H2,1H3,(H2,16,17,21,22). The van der Waals surface area contributed by atoms with Gasteiger partial charge in [0.2, 0.25) is 11.8 Å². The molecular formula is C15H22N4O4. The van der Waals surface area contributed by atoms with Crippen LogP contribution in [-0.2, 0) is 16.1 Å². The Balaban J connectivity index is 1.69. The van der Waals surface area contributed by atoms with Gasteiger partial charge < -0.3 is 14.6 Å².